The zero-order valence-electron chi connectivity index (χ0n) is 17.7. The number of aryl methyl sites for hydroxylation is 1. The highest BCUT2D eigenvalue weighted by molar-refractivity contribution is 6.05. The van der Waals surface area contributed by atoms with Crippen molar-refractivity contribution in [3.05, 3.63) is 89.9 Å². The fourth-order valence-corrected chi connectivity index (χ4v) is 3.24. The van der Waals surface area contributed by atoms with Gasteiger partial charge in [0, 0.05) is 18.0 Å². The van der Waals surface area contributed by atoms with E-state index >= 15 is 0 Å². The summed E-state index contributed by atoms with van der Waals surface area (Å²) in [7, 11) is 0. The summed E-state index contributed by atoms with van der Waals surface area (Å²) in [5, 5.41) is 2.92. The van der Waals surface area contributed by atoms with Gasteiger partial charge in [-0.1, -0.05) is 25.1 Å². The quantitative estimate of drug-likeness (QED) is 0.426. The van der Waals surface area contributed by atoms with Gasteiger partial charge >= 0.3 is 0 Å². The van der Waals surface area contributed by atoms with Crippen LogP contribution in [0.1, 0.15) is 35.0 Å². The first kappa shape index (κ1) is 20.5. The molecule has 0 saturated carbocycles. The maximum atomic E-state index is 12.6. The third kappa shape index (κ3) is 4.86. The third-order valence-electron chi connectivity index (χ3n) is 4.83. The van der Waals surface area contributed by atoms with E-state index in [-0.39, 0.29) is 5.91 Å². The van der Waals surface area contributed by atoms with Gasteiger partial charge in [-0.05, 0) is 61.4 Å². The number of amides is 1. The largest absolute Gasteiger partial charge is 0.491 e. The van der Waals surface area contributed by atoms with Gasteiger partial charge in [-0.25, -0.2) is 4.98 Å². The second-order valence-corrected chi connectivity index (χ2v) is 7.27. The number of rotatable bonds is 8. The summed E-state index contributed by atoms with van der Waals surface area (Å²) in [5.74, 6) is 1.15. The number of carbonyl (C=O) groups excluding carboxylic acids is 1. The SMILES string of the molecule is CCCOc1ccccc1NC(=O)c1ccc(OCc2cn3cccc(C)c3n2)cc1. The van der Waals surface area contributed by atoms with Crippen LogP contribution < -0.4 is 14.8 Å². The lowest BCUT2D eigenvalue weighted by Gasteiger charge is -2.12. The predicted octanol–water partition coefficient (Wildman–Crippen LogP) is 5.26. The van der Waals surface area contributed by atoms with E-state index in [1.807, 2.05) is 67.0 Å². The molecule has 4 aromatic rings. The predicted molar refractivity (Wildman–Crippen MR) is 121 cm³/mol. The van der Waals surface area contributed by atoms with Gasteiger partial charge in [0.15, 0.2) is 0 Å². The summed E-state index contributed by atoms with van der Waals surface area (Å²) < 4.78 is 13.5. The number of carbonyl (C=O) groups is 1. The van der Waals surface area contributed by atoms with Crippen molar-refractivity contribution < 1.29 is 14.3 Å². The molecule has 6 nitrogen and oxygen atoms in total. The topological polar surface area (TPSA) is 64.9 Å². The van der Waals surface area contributed by atoms with Crippen LogP contribution in [0.2, 0.25) is 0 Å². The Morgan fingerprint density at radius 2 is 1.84 bits per heavy atom. The number of aromatic nitrogens is 2. The van der Waals surface area contributed by atoms with E-state index in [4.69, 9.17) is 9.47 Å². The van der Waals surface area contributed by atoms with Gasteiger partial charge < -0.3 is 19.2 Å². The number of nitrogens with zero attached hydrogens (tertiary/aromatic N) is 2. The Bertz CT molecular complexity index is 1180. The van der Waals surface area contributed by atoms with E-state index in [0.717, 1.165) is 23.3 Å². The maximum Gasteiger partial charge on any atom is 0.255 e. The molecule has 2 aromatic carbocycles. The number of imidazole rings is 1. The minimum absolute atomic E-state index is 0.199. The van der Waals surface area contributed by atoms with Crippen molar-refractivity contribution in [3.63, 3.8) is 0 Å². The highest BCUT2D eigenvalue weighted by Crippen LogP contribution is 2.25. The summed E-state index contributed by atoms with van der Waals surface area (Å²) in [6, 6.07) is 18.5. The van der Waals surface area contributed by atoms with Crippen LogP contribution in [-0.4, -0.2) is 21.9 Å². The fraction of sp³-hybridized carbons (Fsp3) is 0.200. The second-order valence-electron chi connectivity index (χ2n) is 7.27. The van der Waals surface area contributed by atoms with E-state index < -0.39 is 0 Å². The Kier molecular flexibility index (Phi) is 6.17. The Hall–Kier alpha value is -3.80. The maximum absolute atomic E-state index is 12.6. The summed E-state index contributed by atoms with van der Waals surface area (Å²) in [5.41, 5.74) is 4.09. The lowest BCUT2D eigenvalue weighted by Crippen LogP contribution is -2.13. The van der Waals surface area contributed by atoms with Gasteiger partial charge in [0.25, 0.3) is 5.91 Å². The highest BCUT2D eigenvalue weighted by atomic mass is 16.5. The smallest absolute Gasteiger partial charge is 0.255 e. The standard InChI is InChI=1S/C25H25N3O3/c1-3-15-30-23-9-5-4-8-22(23)27-25(29)19-10-12-21(13-11-19)31-17-20-16-28-14-6-7-18(2)24(28)26-20/h4-14,16H,3,15,17H2,1-2H3,(H,27,29). The number of hydrogen-bond donors (Lipinski definition) is 1. The van der Waals surface area contributed by atoms with Gasteiger partial charge in [-0.3, -0.25) is 4.79 Å². The van der Waals surface area contributed by atoms with E-state index in [9.17, 15) is 4.79 Å². The van der Waals surface area contributed by atoms with E-state index in [2.05, 4.69) is 10.3 Å². The summed E-state index contributed by atoms with van der Waals surface area (Å²) in [6.07, 6.45) is 4.83. The lowest BCUT2D eigenvalue weighted by molar-refractivity contribution is 0.102. The molecule has 0 radical (unpaired) electrons. The van der Waals surface area contributed by atoms with E-state index in [1.165, 1.54) is 0 Å². The van der Waals surface area contributed by atoms with E-state index in [1.54, 1.807) is 24.3 Å². The first-order valence-corrected chi connectivity index (χ1v) is 10.3. The zero-order chi connectivity index (χ0) is 21.6. The minimum atomic E-state index is -0.199. The van der Waals surface area contributed by atoms with Crippen LogP contribution in [0, 0.1) is 6.92 Å². The highest BCUT2D eigenvalue weighted by Gasteiger charge is 2.10. The van der Waals surface area contributed by atoms with Crippen LogP contribution in [-0.2, 0) is 6.61 Å². The van der Waals surface area contributed by atoms with Crippen LogP contribution >= 0.6 is 0 Å². The molecule has 1 amide bonds. The lowest BCUT2D eigenvalue weighted by atomic mass is 10.2. The van der Waals surface area contributed by atoms with Crippen molar-refractivity contribution >= 4 is 17.2 Å². The average Bonchev–Trinajstić information content (AvgIpc) is 3.22. The Morgan fingerprint density at radius 3 is 2.61 bits per heavy atom. The number of pyridine rings is 1. The van der Waals surface area contributed by atoms with Crippen LogP contribution in [0.25, 0.3) is 5.65 Å². The number of benzene rings is 2. The van der Waals surface area contributed by atoms with Crippen molar-refractivity contribution in [2.45, 2.75) is 26.9 Å². The van der Waals surface area contributed by atoms with Crippen molar-refractivity contribution in [2.24, 2.45) is 0 Å². The number of nitrogens with one attached hydrogen (secondary N) is 1. The van der Waals surface area contributed by atoms with Gasteiger partial charge in [0.05, 0.1) is 18.0 Å². The molecule has 0 aliphatic carbocycles. The average molecular weight is 415 g/mol. The van der Waals surface area contributed by atoms with E-state index in [0.29, 0.717) is 36.0 Å². The molecule has 158 valence electrons. The fourth-order valence-electron chi connectivity index (χ4n) is 3.24. The molecule has 0 saturated heterocycles. The molecule has 31 heavy (non-hydrogen) atoms. The molecular weight excluding hydrogens is 390 g/mol. The van der Waals surface area contributed by atoms with Crippen LogP contribution in [0.3, 0.4) is 0 Å². The molecule has 0 fully saturated rings. The molecule has 0 aliphatic rings. The van der Waals surface area contributed by atoms with Gasteiger partial charge in [0.2, 0.25) is 0 Å². The monoisotopic (exact) mass is 415 g/mol. The molecule has 0 unspecified atom stereocenters. The number of ether oxygens (including phenoxy) is 2. The molecule has 0 atom stereocenters. The summed E-state index contributed by atoms with van der Waals surface area (Å²) >= 11 is 0. The van der Waals surface area contributed by atoms with Gasteiger partial charge in [0.1, 0.15) is 23.8 Å². The first-order valence-electron chi connectivity index (χ1n) is 10.3. The Labute approximate surface area is 181 Å². The molecule has 6 heteroatoms. The molecular formula is C25H25N3O3. The third-order valence-corrected chi connectivity index (χ3v) is 4.83. The summed E-state index contributed by atoms with van der Waals surface area (Å²) in [6.45, 7) is 5.03. The van der Waals surface area contributed by atoms with Gasteiger partial charge in [-0.15, -0.1) is 0 Å². The minimum Gasteiger partial charge on any atom is -0.491 e. The number of hydrogen-bond acceptors (Lipinski definition) is 4. The molecule has 0 spiro atoms. The normalized spacial score (nSPS) is 10.8. The van der Waals surface area contributed by atoms with Gasteiger partial charge in [-0.2, -0.15) is 0 Å². The Morgan fingerprint density at radius 1 is 1.03 bits per heavy atom. The summed E-state index contributed by atoms with van der Waals surface area (Å²) in [4.78, 5) is 17.3. The molecule has 2 aromatic heterocycles. The molecule has 1 N–H and O–H groups in total. The van der Waals surface area contributed by atoms with Crippen LogP contribution in [0.4, 0.5) is 5.69 Å². The van der Waals surface area contributed by atoms with Crippen LogP contribution in [0.15, 0.2) is 73.1 Å². The van der Waals surface area contributed by atoms with Crippen molar-refractivity contribution in [3.8, 4) is 11.5 Å². The Balaban J connectivity index is 1.38. The number of fused-ring (bicyclic) bond motifs is 1. The molecule has 4 rings (SSSR count). The first-order chi connectivity index (χ1) is 15.1. The van der Waals surface area contributed by atoms with Crippen molar-refractivity contribution in [1.82, 2.24) is 9.38 Å². The molecule has 0 bridgehead atoms. The number of para-hydroxylation sites is 2. The van der Waals surface area contributed by atoms with Crippen molar-refractivity contribution in [2.75, 3.05) is 11.9 Å². The molecule has 0 aliphatic heterocycles. The second kappa shape index (κ2) is 9.34. The zero-order valence-corrected chi connectivity index (χ0v) is 17.7. The number of anilines is 1. The molecule has 2 heterocycles. The van der Waals surface area contributed by atoms with Crippen LogP contribution in [0.5, 0.6) is 11.5 Å². The van der Waals surface area contributed by atoms with Crippen molar-refractivity contribution in [1.29, 1.82) is 0 Å².